The van der Waals surface area contributed by atoms with Gasteiger partial charge in [0.25, 0.3) is 0 Å². The number of piperazine rings is 1. The molecule has 0 amide bonds. The molecule has 3 heterocycles. The van der Waals surface area contributed by atoms with Crippen molar-refractivity contribution < 1.29 is 8.84 Å². The molecule has 2 aliphatic heterocycles. The topological polar surface area (TPSA) is 78.1 Å². The maximum atomic E-state index is 13.2. The van der Waals surface area contributed by atoms with Crippen LogP contribution in [0, 0.1) is 0 Å². The van der Waals surface area contributed by atoms with Crippen molar-refractivity contribution in [1.82, 2.24) is 24.4 Å². The maximum Gasteiger partial charge on any atom is 0.209 e. The van der Waals surface area contributed by atoms with Crippen LogP contribution < -0.4 is 0 Å². The van der Waals surface area contributed by atoms with Crippen LogP contribution in [0.4, 0.5) is 0 Å². The minimum Gasteiger partial charge on any atom is -0.339 e. The van der Waals surface area contributed by atoms with Gasteiger partial charge in [0, 0.05) is 32.2 Å². The van der Waals surface area contributed by atoms with Gasteiger partial charge in [-0.25, -0.2) is 8.84 Å². The van der Waals surface area contributed by atoms with Crippen molar-refractivity contribution in [2.45, 2.75) is 30.2 Å². The molecule has 0 radical (unpaired) electrons. The van der Waals surface area contributed by atoms with Gasteiger partial charge in [-0.05, 0) is 35.3 Å². The molecule has 0 bridgehead atoms. The van der Waals surface area contributed by atoms with Crippen LogP contribution in [0.15, 0.2) is 32.7 Å². The third-order valence-electron chi connectivity index (χ3n) is 5.60. The Morgan fingerprint density at radius 3 is 2.69 bits per heavy atom. The molecular formula is C17H22N6O2S. The van der Waals surface area contributed by atoms with Crippen LogP contribution in [0.5, 0.6) is 0 Å². The van der Waals surface area contributed by atoms with Crippen molar-refractivity contribution in [1.29, 1.82) is 0 Å². The summed E-state index contributed by atoms with van der Waals surface area (Å²) in [6.45, 7) is 5.35. The average Bonchev–Trinajstić information content (AvgIpc) is 3.29. The third kappa shape index (κ3) is 2.69. The number of aliphatic imine (C=N–C) groups is 1. The summed E-state index contributed by atoms with van der Waals surface area (Å²) in [5.41, 5.74) is 1.19. The monoisotopic (exact) mass is 374 g/mol. The van der Waals surface area contributed by atoms with Gasteiger partial charge in [0.05, 0.1) is 18.0 Å². The number of hydrogen-bond acceptors (Lipinski definition) is 7. The number of rotatable bonds is 3. The minimum absolute atomic E-state index is 0.562. The summed E-state index contributed by atoms with van der Waals surface area (Å²) >= 11 is 0. The number of nitrogens with zero attached hydrogens (tertiary/aromatic N) is 6. The summed E-state index contributed by atoms with van der Waals surface area (Å²) in [5.74, 6) is 0.852. The summed E-state index contributed by atoms with van der Waals surface area (Å²) in [7, 11) is -1.37. The summed E-state index contributed by atoms with van der Waals surface area (Å²) in [4.78, 5) is 10.2. The summed E-state index contributed by atoms with van der Waals surface area (Å²) < 4.78 is 20.0. The minimum atomic E-state index is -1.37. The zero-order valence-corrected chi connectivity index (χ0v) is 15.4. The van der Waals surface area contributed by atoms with E-state index in [1.54, 1.807) is 0 Å². The van der Waals surface area contributed by atoms with Crippen LogP contribution in [0.2, 0.25) is 0 Å². The number of hydrogen-bond donors (Lipinski definition) is 0. The molecule has 1 unspecified atom stereocenters. The normalized spacial score (nSPS) is 23.3. The molecule has 1 aromatic heterocycles. The second-order valence-electron chi connectivity index (χ2n) is 7.03. The fourth-order valence-corrected chi connectivity index (χ4v) is 5.22. The lowest BCUT2D eigenvalue weighted by Crippen LogP contribution is -2.55. The van der Waals surface area contributed by atoms with Gasteiger partial charge >= 0.3 is 0 Å². The second-order valence-corrected chi connectivity index (χ2v) is 8.41. The molecule has 1 atom stereocenters. The van der Waals surface area contributed by atoms with E-state index in [2.05, 4.69) is 25.1 Å². The van der Waals surface area contributed by atoms with Gasteiger partial charge < -0.3 is 4.90 Å². The molecule has 9 heteroatoms. The zero-order chi connectivity index (χ0) is 17.5. The van der Waals surface area contributed by atoms with Gasteiger partial charge in [-0.15, -0.1) is 0 Å². The highest BCUT2D eigenvalue weighted by Crippen LogP contribution is 2.27. The smallest absolute Gasteiger partial charge is 0.209 e. The second kappa shape index (κ2) is 6.62. The summed E-state index contributed by atoms with van der Waals surface area (Å²) in [5, 5.41) is 7.78. The highest BCUT2D eigenvalue weighted by Gasteiger charge is 2.33. The van der Waals surface area contributed by atoms with Gasteiger partial charge in [0.1, 0.15) is 5.52 Å². The van der Waals surface area contributed by atoms with Crippen molar-refractivity contribution in [2.75, 3.05) is 39.3 Å². The largest absolute Gasteiger partial charge is 0.339 e. The van der Waals surface area contributed by atoms with E-state index in [-0.39, 0.29) is 0 Å². The van der Waals surface area contributed by atoms with Crippen molar-refractivity contribution >= 4 is 28.0 Å². The van der Waals surface area contributed by atoms with Gasteiger partial charge in [-0.3, -0.25) is 14.2 Å². The van der Waals surface area contributed by atoms with Crippen LogP contribution in [-0.4, -0.2) is 79.9 Å². The number of aromatic nitrogens is 2. The van der Waals surface area contributed by atoms with Gasteiger partial charge in [0.15, 0.2) is 16.5 Å². The van der Waals surface area contributed by atoms with Crippen LogP contribution >= 0.6 is 0 Å². The predicted octanol–water partition coefficient (Wildman–Crippen LogP) is 1.09. The van der Waals surface area contributed by atoms with Crippen LogP contribution in [0.25, 0.3) is 11.0 Å². The SMILES string of the molecule is O=S(c1cccc2nonc12)N1CCN=C1N1CCN(C2CCC2)CC1. The number of fused-ring (bicyclic) bond motifs is 1. The Bertz CT molecular complexity index is 856. The molecule has 0 spiro atoms. The Balaban J connectivity index is 1.33. The highest BCUT2D eigenvalue weighted by molar-refractivity contribution is 7.83. The van der Waals surface area contributed by atoms with Crippen molar-refractivity contribution in [2.24, 2.45) is 4.99 Å². The molecule has 3 aliphatic rings. The molecule has 2 fully saturated rings. The number of guanidine groups is 1. The summed E-state index contributed by atoms with van der Waals surface area (Å²) in [6.07, 6.45) is 4.05. The van der Waals surface area contributed by atoms with E-state index in [4.69, 9.17) is 4.63 Å². The van der Waals surface area contributed by atoms with E-state index in [1.807, 2.05) is 22.5 Å². The molecule has 26 heavy (non-hydrogen) atoms. The van der Waals surface area contributed by atoms with Gasteiger partial charge in [-0.2, -0.15) is 0 Å². The maximum absolute atomic E-state index is 13.2. The van der Waals surface area contributed by atoms with Crippen molar-refractivity contribution in [3.8, 4) is 0 Å². The summed E-state index contributed by atoms with van der Waals surface area (Å²) in [6, 6.07) is 6.26. The molecule has 1 saturated heterocycles. The average molecular weight is 374 g/mol. The van der Waals surface area contributed by atoms with Crippen LogP contribution in [-0.2, 0) is 11.0 Å². The van der Waals surface area contributed by atoms with Crippen LogP contribution in [0.1, 0.15) is 19.3 Å². The first-order chi connectivity index (χ1) is 12.8. The Morgan fingerprint density at radius 1 is 1.08 bits per heavy atom. The Morgan fingerprint density at radius 2 is 1.92 bits per heavy atom. The van der Waals surface area contributed by atoms with Crippen molar-refractivity contribution in [3.05, 3.63) is 18.2 Å². The lowest BCUT2D eigenvalue weighted by Gasteiger charge is -2.44. The Hall–Kier alpha value is -2.00. The van der Waals surface area contributed by atoms with E-state index in [1.165, 1.54) is 19.3 Å². The Kier molecular flexibility index (Phi) is 4.12. The molecule has 1 aromatic carbocycles. The molecule has 1 aliphatic carbocycles. The third-order valence-corrected chi connectivity index (χ3v) is 7.06. The fourth-order valence-electron chi connectivity index (χ4n) is 3.91. The standard InChI is InChI=1S/C17H22N6O2S/c24-26(15-6-2-5-14-16(15)20-25-19-14)23-8-7-18-17(23)22-11-9-21(10-12-22)13-3-1-4-13/h2,5-6,13H,1,3-4,7-12H2. The molecule has 0 N–H and O–H groups in total. The van der Waals surface area contributed by atoms with Crippen LogP contribution in [0.3, 0.4) is 0 Å². The van der Waals surface area contributed by atoms with E-state index in [0.29, 0.717) is 29.0 Å². The quantitative estimate of drug-likeness (QED) is 0.800. The lowest BCUT2D eigenvalue weighted by molar-refractivity contribution is 0.0834. The molecule has 5 rings (SSSR count). The van der Waals surface area contributed by atoms with Gasteiger partial charge in [0.2, 0.25) is 5.96 Å². The van der Waals surface area contributed by atoms with Gasteiger partial charge in [-0.1, -0.05) is 12.5 Å². The zero-order valence-electron chi connectivity index (χ0n) is 14.6. The van der Waals surface area contributed by atoms with E-state index in [9.17, 15) is 4.21 Å². The number of benzene rings is 1. The fraction of sp³-hybridized carbons (Fsp3) is 0.588. The first-order valence-corrected chi connectivity index (χ1v) is 10.4. The molecule has 138 valence electrons. The van der Waals surface area contributed by atoms with E-state index in [0.717, 1.165) is 38.2 Å². The first-order valence-electron chi connectivity index (χ1n) is 9.25. The van der Waals surface area contributed by atoms with E-state index < -0.39 is 11.0 Å². The highest BCUT2D eigenvalue weighted by atomic mass is 32.2. The first kappa shape index (κ1) is 16.2. The lowest BCUT2D eigenvalue weighted by atomic mass is 9.91. The molecule has 1 saturated carbocycles. The molecule has 2 aromatic rings. The predicted molar refractivity (Wildman–Crippen MR) is 98.0 cm³/mol. The van der Waals surface area contributed by atoms with E-state index >= 15 is 0 Å². The Labute approximate surface area is 154 Å². The van der Waals surface area contributed by atoms with Crippen molar-refractivity contribution in [3.63, 3.8) is 0 Å². The molecular weight excluding hydrogens is 352 g/mol. The molecule has 8 nitrogen and oxygen atoms in total.